The van der Waals surface area contributed by atoms with Crippen molar-refractivity contribution in [3.05, 3.63) is 24.0 Å². The number of aromatic nitrogens is 1. The van der Waals surface area contributed by atoms with Crippen LogP contribution >= 0.6 is 0 Å². The average molecular weight is 292 g/mol. The molecule has 5 heteroatoms. The standard InChI is InChI=1S/C16H28N4O/c1-3-17-16(19-11-15-7-9-20(2)12-15)18-8-4-10-21-13-14-5-6-14/h7,9,12,14H,3-6,8,10-11,13H2,1-2H3,(H2,17,18,19). The van der Waals surface area contributed by atoms with Gasteiger partial charge in [-0.15, -0.1) is 0 Å². The summed E-state index contributed by atoms with van der Waals surface area (Å²) in [6.07, 6.45) is 7.87. The third-order valence-electron chi connectivity index (χ3n) is 3.47. The highest BCUT2D eigenvalue weighted by Gasteiger charge is 2.20. The molecule has 1 saturated carbocycles. The van der Waals surface area contributed by atoms with Crippen LogP contribution in [0.2, 0.25) is 0 Å². The number of ether oxygens (including phenoxy) is 1. The second-order valence-corrected chi connectivity index (χ2v) is 5.68. The van der Waals surface area contributed by atoms with Crippen LogP contribution < -0.4 is 10.6 Å². The van der Waals surface area contributed by atoms with Crippen molar-refractivity contribution in [1.82, 2.24) is 15.2 Å². The molecule has 0 radical (unpaired) electrons. The summed E-state index contributed by atoms with van der Waals surface area (Å²) in [4.78, 5) is 4.59. The number of rotatable bonds is 9. The number of hydrogen-bond donors (Lipinski definition) is 2. The molecule has 0 aromatic carbocycles. The van der Waals surface area contributed by atoms with Crippen LogP contribution in [0.4, 0.5) is 0 Å². The lowest BCUT2D eigenvalue weighted by molar-refractivity contribution is 0.123. The van der Waals surface area contributed by atoms with Crippen LogP contribution in [-0.2, 0) is 18.3 Å². The summed E-state index contributed by atoms with van der Waals surface area (Å²) in [7, 11) is 2.03. The fourth-order valence-corrected chi connectivity index (χ4v) is 2.08. The Balaban J connectivity index is 1.62. The predicted octanol–water partition coefficient (Wildman–Crippen LogP) is 1.90. The summed E-state index contributed by atoms with van der Waals surface area (Å²) < 4.78 is 7.67. The lowest BCUT2D eigenvalue weighted by atomic mass is 10.3. The van der Waals surface area contributed by atoms with Crippen molar-refractivity contribution >= 4 is 5.96 Å². The Kier molecular flexibility index (Phi) is 6.60. The van der Waals surface area contributed by atoms with Crippen molar-refractivity contribution in [3.8, 4) is 0 Å². The topological polar surface area (TPSA) is 50.6 Å². The van der Waals surface area contributed by atoms with Gasteiger partial charge in [0.25, 0.3) is 0 Å². The summed E-state index contributed by atoms with van der Waals surface area (Å²) in [6.45, 7) is 6.33. The highest BCUT2D eigenvalue weighted by molar-refractivity contribution is 5.79. The first-order valence-corrected chi connectivity index (χ1v) is 7.98. The monoisotopic (exact) mass is 292 g/mol. The first kappa shape index (κ1) is 15.9. The Morgan fingerprint density at radius 3 is 2.95 bits per heavy atom. The fourth-order valence-electron chi connectivity index (χ4n) is 2.08. The van der Waals surface area contributed by atoms with Crippen molar-refractivity contribution in [2.24, 2.45) is 18.0 Å². The second-order valence-electron chi connectivity index (χ2n) is 5.68. The minimum Gasteiger partial charge on any atom is -0.381 e. The molecule has 1 aromatic rings. The van der Waals surface area contributed by atoms with E-state index in [4.69, 9.17) is 4.74 Å². The van der Waals surface area contributed by atoms with Crippen molar-refractivity contribution < 1.29 is 4.74 Å². The predicted molar refractivity (Wildman–Crippen MR) is 86.4 cm³/mol. The average Bonchev–Trinajstić information content (AvgIpc) is 3.21. The lowest BCUT2D eigenvalue weighted by Crippen LogP contribution is -2.38. The molecule has 0 saturated heterocycles. The molecule has 0 unspecified atom stereocenters. The Morgan fingerprint density at radius 2 is 2.29 bits per heavy atom. The number of nitrogens with zero attached hydrogens (tertiary/aromatic N) is 2. The summed E-state index contributed by atoms with van der Waals surface area (Å²) in [5.41, 5.74) is 1.22. The quantitative estimate of drug-likeness (QED) is 0.415. The minimum absolute atomic E-state index is 0.703. The van der Waals surface area contributed by atoms with Crippen LogP contribution in [0.5, 0.6) is 0 Å². The van der Waals surface area contributed by atoms with E-state index in [0.717, 1.165) is 44.6 Å². The van der Waals surface area contributed by atoms with E-state index in [2.05, 4.69) is 34.8 Å². The zero-order valence-corrected chi connectivity index (χ0v) is 13.3. The molecular weight excluding hydrogens is 264 g/mol. The highest BCUT2D eigenvalue weighted by atomic mass is 16.5. The Morgan fingerprint density at radius 1 is 1.43 bits per heavy atom. The van der Waals surface area contributed by atoms with E-state index in [9.17, 15) is 0 Å². The maximum atomic E-state index is 5.63. The SMILES string of the molecule is CCNC(=NCc1ccn(C)c1)NCCCOCC1CC1. The van der Waals surface area contributed by atoms with Gasteiger partial charge in [-0.1, -0.05) is 0 Å². The first-order chi connectivity index (χ1) is 10.3. The summed E-state index contributed by atoms with van der Waals surface area (Å²) in [6, 6.07) is 2.10. The van der Waals surface area contributed by atoms with Gasteiger partial charge in [0.1, 0.15) is 0 Å². The summed E-state index contributed by atoms with van der Waals surface area (Å²) >= 11 is 0. The zero-order valence-electron chi connectivity index (χ0n) is 13.3. The van der Waals surface area contributed by atoms with Gasteiger partial charge >= 0.3 is 0 Å². The van der Waals surface area contributed by atoms with Crippen LogP contribution in [0.25, 0.3) is 0 Å². The number of aryl methyl sites for hydroxylation is 1. The van der Waals surface area contributed by atoms with Crippen LogP contribution in [0, 0.1) is 5.92 Å². The lowest BCUT2D eigenvalue weighted by Gasteiger charge is -2.11. The molecule has 0 bridgehead atoms. The van der Waals surface area contributed by atoms with Gasteiger partial charge in [0, 0.05) is 45.7 Å². The van der Waals surface area contributed by atoms with Crippen molar-refractivity contribution in [2.75, 3.05) is 26.3 Å². The van der Waals surface area contributed by atoms with E-state index in [1.807, 2.05) is 17.8 Å². The summed E-state index contributed by atoms with van der Waals surface area (Å²) in [5, 5.41) is 6.62. The molecule has 1 aliphatic carbocycles. The van der Waals surface area contributed by atoms with Crippen LogP contribution in [0.3, 0.4) is 0 Å². The van der Waals surface area contributed by atoms with Crippen molar-refractivity contribution in [2.45, 2.75) is 32.7 Å². The molecule has 0 aliphatic heterocycles. The van der Waals surface area contributed by atoms with Gasteiger partial charge < -0.3 is 19.9 Å². The molecule has 1 heterocycles. The molecule has 21 heavy (non-hydrogen) atoms. The Bertz CT molecular complexity index is 437. The largest absolute Gasteiger partial charge is 0.381 e. The third kappa shape index (κ3) is 6.67. The maximum Gasteiger partial charge on any atom is 0.191 e. The normalized spacial score (nSPS) is 15.2. The van der Waals surface area contributed by atoms with Gasteiger partial charge in [0.05, 0.1) is 6.54 Å². The molecule has 2 rings (SSSR count). The van der Waals surface area contributed by atoms with E-state index in [-0.39, 0.29) is 0 Å². The van der Waals surface area contributed by atoms with E-state index in [1.54, 1.807) is 0 Å². The number of hydrogen-bond acceptors (Lipinski definition) is 2. The smallest absolute Gasteiger partial charge is 0.191 e. The third-order valence-corrected chi connectivity index (χ3v) is 3.47. The molecule has 0 amide bonds. The van der Waals surface area contributed by atoms with Gasteiger partial charge in [-0.2, -0.15) is 0 Å². The van der Waals surface area contributed by atoms with E-state index < -0.39 is 0 Å². The molecule has 2 N–H and O–H groups in total. The van der Waals surface area contributed by atoms with E-state index >= 15 is 0 Å². The van der Waals surface area contributed by atoms with Gasteiger partial charge in [0.15, 0.2) is 5.96 Å². The Hall–Kier alpha value is -1.49. The van der Waals surface area contributed by atoms with Gasteiger partial charge in [-0.05, 0) is 43.7 Å². The molecule has 1 aromatic heterocycles. The molecule has 118 valence electrons. The van der Waals surface area contributed by atoms with Crippen molar-refractivity contribution in [3.63, 3.8) is 0 Å². The zero-order chi connectivity index (χ0) is 14.9. The first-order valence-electron chi connectivity index (χ1n) is 7.98. The molecule has 0 spiro atoms. The Labute approximate surface area is 127 Å². The highest BCUT2D eigenvalue weighted by Crippen LogP contribution is 2.28. The van der Waals surface area contributed by atoms with Crippen LogP contribution in [0.15, 0.2) is 23.5 Å². The molecular formula is C16H28N4O. The van der Waals surface area contributed by atoms with Gasteiger partial charge in [-0.25, -0.2) is 4.99 Å². The van der Waals surface area contributed by atoms with E-state index in [1.165, 1.54) is 18.4 Å². The molecule has 5 nitrogen and oxygen atoms in total. The minimum atomic E-state index is 0.703. The van der Waals surface area contributed by atoms with Crippen LogP contribution in [-0.4, -0.2) is 36.8 Å². The van der Waals surface area contributed by atoms with E-state index in [0.29, 0.717) is 6.54 Å². The summed E-state index contributed by atoms with van der Waals surface area (Å²) in [5.74, 6) is 1.73. The fraction of sp³-hybridized carbons (Fsp3) is 0.688. The van der Waals surface area contributed by atoms with Gasteiger partial charge in [0.2, 0.25) is 0 Å². The van der Waals surface area contributed by atoms with Crippen LogP contribution in [0.1, 0.15) is 31.7 Å². The maximum absolute atomic E-state index is 5.63. The molecule has 1 fully saturated rings. The number of aliphatic imine (C=N–C) groups is 1. The second kappa shape index (κ2) is 8.72. The molecule has 0 atom stereocenters. The van der Waals surface area contributed by atoms with Gasteiger partial charge in [-0.3, -0.25) is 0 Å². The van der Waals surface area contributed by atoms with Crippen molar-refractivity contribution in [1.29, 1.82) is 0 Å². The number of guanidine groups is 1. The molecule has 1 aliphatic rings. The number of nitrogens with one attached hydrogen (secondary N) is 2.